The molecule has 0 saturated carbocycles. The molecule has 1 N–H and O–H groups in total. The lowest BCUT2D eigenvalue weighted by Crippen LogP contribution is -2.05. The first-order valence-corrected chi connectivity index (χ1v) is 7.58. The third-order valence-electron chi connectivity index (χ3n) is 3.19. The van der Waals surface area contributed by atoms with Gasteiger partial charge in [0.25, 0.3) is 0 Å². The van der Waals surface area contributed by atoms with Crippen LogP contribution in [0.1, 0.15) is 24.8 Å². The van der Waals surface area contributed by atoms with Gasteiger partial charge >= 0.3 is 0 Å². The van der Waals surface area contributed by atoms with E-state index in [4.69, 9.17) is 11.6 Å². The van der Waals surface area contributed by atoms with Crippen LogP contribution in [0.15, 0.2) is 53.0 Å². The third kappa shape index (κ3) is 4.26. The average molecular weight is 339 g/mol. The Bertz CT molecular complexity index is 528. The standard InChI is InChI=1S/C16H17BrClN/c1-12(13-5-3-2-4-6-13)9-10-19-14-7-8-16(18)15(17)11-14/h2-8,11-12,19H,9-10H2,1H3. The zero-order valence-corrected chi connectivity index (χ0v) is 13.2. The first kappa shape index (κ1) is 14.4. The Balaban J connectivity index is 1.85. The summed E-state index contributed by atoms with van der Waals surface area (Å²) in [4.78, 5) is 0. The summed E-state index contributed by atoms with van der Waals surface area (Å²) >= 11 is 9.40. The Kier molecular flexibility index (Phi) is 5.29. The van der Waals surface area contributed by atoms with Gasteiger partial charge in [-0.2, -0.15) is 0 Å². The minimum Gasteiger partial charge on any atom is -0.385 e. The maximum Gasteiger partial charge on any atom is 0.0549 e. The summed E-state index contributed by atoms with van der Waals surface area (Å²) < 4.78 is 0.926. The fraction of sp³-hybridized carbons (Fsp3) is 0.250. The van der Waals surface area contributed by atoms with Crippen LogP contribution in [0, 0.1) is 0 Å². The van der Waals surface area contributed by atoms with Crippen LogP contribution in [0.2, 0.25) is 5.02 Å². The zero-order chi connectivity index (χ0) is 13.7. The molecule has 0 aliphatic carbocycles. The Morgan fingerprint density at radius 2 is 1.89 bits per heavy atom. The van der Waals surface area contributed by atoms with Gasteiger partial charge in [0.2, 0.25) is 0 Å². The molecule has 1 atom stereocenters. The minimum atomic E-state index is 0.560. The quantitative estimate of drug-likeness (QED) is 0.736. The van der Waals surface area contributed by atoms with Gasteiger partial charge < -0.3 is 5.32 Å². The van der Waals surface area contributed by atoms with Crippen LogP contribution >= 0.6 is 27.5 Å². The van der Waals surface area contributed by atoms with E-state index in [1.54, 1.807) is 0 Å². The van der Waals surface area contributed by atoms with Crippen molar-refractivity contribution in [3.63, 3.8) is 0 Å². The van der Waals surface area contributed by atoms with Crippen molar-refractivity contribution in [1.29, 1.82) is 0 Å². The highest BCUT2D eigenvalue weighted by Crippen LogP contribution is 2.26. The number of halogens is 2. The average Bonchev–Trinajstić information content (AvgIpc) is 2.43. The van der Waals surface area contributed by atoms with Gasteiger partial charge in [0, 0.05) is 16.7 Å². The molecule has 3 heteroatoms. The van der Waals surface area contributed by atoms with Crippen LogP contribution in [-0.4, -0.2) is 6.54 Å². The number of nitrogens with one attached hydrogen (secondary N) is 1. The van der Waals surface area contributed by atoms with Crippen LogP contribution in [0.3, 0.4) is 0 Å². The van der Waals surface area contributed by atoms with E-state index >= 15 is 0 Å². The topological polar surface area (TPSA) is 12.0 Å². The van der Waals surface area contributed by atoms with Crippen molar-refractivity contribution in [2.24, 2.45) is 0 Å². The molecule has 0 amide bonds. The summed E-state index contributed by atoms with van der Waals surface area (Å²) in [6.45, 7) is 3.21. The molecule has 2 rings (SSSR count). The third-order valence-corrected chi connectivity index (χ3v) is 4.41. The van der Waals surface area contributed by atoms with Gasteiger partial charge in [-0.25, -0.2) is 0 Å². The highest BCUT2D eigenvalue weighted by atomic mass is 79.9. The van der Waals surface area contributed by atoms with Crippen molar-refractivity contribution in [3.05, 3.63) is 63.6 Å². The van der Waals surface area contributed by atoms with Crippen LogP contribution < -0.4 is 5.32 Å². The first-order chi connectivity index (χ1) is 9.16. The fourth-order valence-electron chi connectivity index (χ4n) is 1.99. The van der Waals surface area contributed by atoms with Gasteiger partial charge in [0.1, 0.15) is 0 Å². The molecule has 0 spiro atoms. The Labute approximate surface area is 128 Å². The lowest BCUT2D eigenvalue weighted by molar-refractivity contribution is 0.706. The molecule has 1 unspecified atom stereocenters. The van der Waals surface area contributed by atoms with E-state index in [0.717, 1.165) is 28.1 Å². The van der Waals surface area contributed by atoms with Crippen molar-refractivity contribution in [1.82, 2.24) is 0 Å². The smallest absolute Gasteiger partial charge is 0.0549 e. The summed E-state index contributed by atoms with van der Waals surface area (Å²) in [5.74, 6) is 0.560. The van der Waals surface area contributed by atoms with Crippen molar-refractivity contribution >= 4 is 33.2 Å². The molecule has 0 bridgehead atoms. The molecule has 0 saturated heterocycles. The normalized spacial score (nSPS) is 12.2. The van der Waals surface area contributed by atoms with Crippen molar-refractivity contribution < 1.29 is 0 Å². The molecule has 0 aromatic heterocycles. The molecular weight excluding hydrogens is 322 g/mol. The Morgan fingerprint density at radius 3 is 2.58 bits per heavy atom. The Morgan fingerprint density at radius 1 is 1.16 bits per heavy atom. The van der Waals surface area contributed by atoms with E-state index in [2.05, 4.69) is 58.5 Å². The summed E-state index contributed by atoms with van der Waals surface area (Å²) in [5.41, 5.74) is 2.48. The van der Waals surface area contributed by atoms with Crippen LogP contribution in [0.25, 0.3) is 0 Å². The Hall–Kier alpha value is -0.990. The van der Waals surface area contributed by atoms with Gasteiger partial charge in [-0.3, -0.25) is 0 Å². The van der Waals surface area contributed by atoms with Gasteiger partial charge in [-0.1, -0.05) is 48.9 Å². The largest absolute Gasteiger partial charge is 0.385 e. The van der Waals surface area contributed by atoms with Gasteiger partial charge in [-0.15, -0.1) is 0 Å². The lowest BCUT2D eigenvalue weighted by atomic mass is 9.98. The molecule has 100 valence electrons. The van der Waals surface area contributed by atoms with Gasteiger partial charge in [-0.05, 0) is 52.0 Å². The summed E-state index contributed by atoms with van der Waals surface area (Å²) in [6.07, 6.45) is 1.10. The highest BCUT2D eigenvalue weighted by Gasteiger charge is 2.04. The lowest BCUT2D eigenvalue weighted by Gasteiger charge is -2.13. The van der Waals surface area contributed by atoms with E-state index in [1.807, 2.05) is 18.2 Å². The second kappa shape index (κ2) is 6.97. The van der Waals surface area contributed by atoms with E-state index in [-0.39, 0.29) is 0 Å². The van der Waals surface area contributed by atoms with E-state index in [0.29, 0.717) is 5.92 Å². The zero-order valence-electron chi connectivity index (χ0n) is 10.9. The van der Waals surface area contributed by atoms with Gasteiger partial charge in [0.15, 0.2) is 0 Å². The predicted molar refractivity (Wildman–Crippen MR) is 87.1 cm³/mol. The monoisotopic (exact) mass is 337 g/mol. The molecule has 2 aromatic carbocycles. The molecule has 0 radical (unpaired) electrons. The number of anilines is 1. The number of hydrogen-bond acceptors (Lipinski definition) is 1. The highest BCUT2D eigenvalue weighted by molar-refractivity contribution is 9.10. The summed E-state index contributed by atoms with van der Waals surface area (Å²) in [5, 5.41) is 4.16. The predicted octanol–water partition coefficient (Wildman–Crippen LogP) is 5.71. The maximum absolute atomic E-state index is 5.97. The van der Waals surface area contributed by atoms with Crippen molar-refractivity contribution in [3.8, 4) is 0 Å². The number of rotatable bonds is 5. The van der Waals surface area contributed by atoms with E-state index in [9.17, 15) is 0 Å². The van der Waals surface area contributed by atoms with E-state index < -0.39 is 0 Å². The van der Waals surface area contributed by atoms with Crippen LogP contribution in [0.5, 0.6) is 0 Å². The number of benzene rings is 2. The second-order valence-electron chi connectivity index (χ2n) is 4.66. The van der Waals surface area contributed by atoms with Crippen molar-refractivity contribution in [2.75, 3.05) is 11.9 Å². The fourth-order valence-corrected chi connectivity index (χ4v) is 2.48. The molecule has 19 heavy (non-hydrogen) atoms. The SMILES string of the molecule is CC(CCNc1ccc(Cl)c(Br)c1)c1ccccc1. The minimum absolute atomic E-state index is 0.560. The first-order valence-electron chi connectivity index (χ1n) is 6.40. The molecule has 1 nitrogen and oxygen atoms in total. The van der Waals surface area contributed by atoms with E-state index in [1.165, 1.54) is 5.56 Å². The summed E-state index contributed by atoms with van der Waals surface area (Å²) in [6, 6.07) is 16.5. The molecule has 0 fully saturated rings. The molecular formula is C16H17BrClN. The maximum atomic E-state index is 5.97. The van der Waals surface area contributed by atoms with Crippen molar-refractivity contribution in [2.45, 2.75) is 19.3 Å². The summed E-state index contributed by atoms with van der Waals surface area (Å²) in [7, 11) is 0. The molecule has 2 aromatic rings. The van der Waals surface area contributed by atoms with Gasteiger partial charge in [0.05, 0.1) is 5.02 Å². The molecule has 0 aliphatic heterocycles. The number of hydrogen-bond donors (Lipinski definition) is 1. The molecule has 0 aliphatic rings. The molecule has 0 heterocycles. The van der Waals surface area contributed by atoms with Crippen LogP contribution in [-0.2, 0) is 0 Å². The second-order valence-corrected chi connectivity index (χ2v) is 5.92. The van der Waals surface area contributed by atoms with Crippen LogP contribution in [0.4, 0.5) is 5.69 Å².